The molecule has 0 amide bonds. The first-order chi connectivity index (χ1) is 12.2. The Kier molecular flexibility index (Phi) is 4.28. The molecule has 4 nitrogen and oxygen atoms in total. The largest absolute Gasteiger partial charge is 0.382 e. The van der Waals surface area contributed by atoms with Crippen LogP contribution in [0.2, 0.25) is 0 Å². The van der Waals surface area contributed by atoms with Crippen LogP contribution >= 0.6 is 0 Å². The predicted octanol–water partition coefficient (Wildman–Crippen LogP) is 3.88. The summed E-state index contributed by atoms with van der Waals surface area (Å²) >= 11 is 0. The quantitative estimate of drug-likeness (QED) is 0.681. The normalized spacial score (nSPS) is 20.5. The molecular weight excluding hydrogens is 310 g/mol. The minimum absolute atomic E-state index is 0.0510. The second-order valence-corrected chi connectivity index (χ2v) is 6.91. The Balaban J connectivity index is 1.72. The Morgan fingerprint density at radius 2 is 1.72 bits per heavy atom. The summed E-state index contributed by atoms with van der Waals surface area (Å²) in [4.78, 5) is 15.1. The second-order valence-electron chi connectivity index (χ2n) is 6.91. The van der Waals surface area contributed by atoms with E-state index in [2.05, 4.69) is 28.5 Å². The zero-order valence-corrected chi connectivity index (χ0v) is 14.2. The Morgan fingerprint density at radius 1 is 0.960 bits per heavy atom. The molecule has 0 aliphatic heterocycles. The molecule has 1 fully saturated rings. The molecule has 4 heteroatoms. The molecule has 0 radical (unpaired) electrons. The van der Waals surface area contributed by atoms with Gasteiger partial charge in [-0.25, -0.2) is 0 Å². The van der Waals surface area contributed by atoms with E-state index < -0.39 is 0 Å². The van der Waals surface area contributed by atoms with Crippen molar-refractivity contribution >= 4 is 16.5 Å². The van der Waals surface area contributed by atoms with Crippen molar-refractivity contribution in [2.45, 2.75) is 37.8 Å². The monoisotopic (exact) mass is 333 g/mol. The Morgan fingerprint density at radius 3 is 2.48 bits per heavy atom. The molecule has 0 spiro atoms. The number of aromatic amines is 1. The number of benzene rings is 2. The first-order valence-electron chi connectivity index (χ1n) is 8.94. The fraction of sp³-hybridized carbons (Fsp3) is 0.286. The van der Waals surface area contributed by atoms with Crippen molar-refractivity contribution < 1.29 is 0 Å². The van der Waals surface area contributed by atoms with Gasteiger partial charge in [0, 0.05) is 34.9 Å². The lowest BCUT2D eigenvalue weighted by atomic mass is 9.91. The number of hydrogen-bond acceptors (Lipinski definition) is 3. The zero-order chi connectivity index (χ0) is 17.2. The van der Waals surface area contributed by atoms with Gasteiger partial charge < -0.3 is 16.0 Å². The van der Waals surface area contributed by atoms with Crippen LogP contribution in [0.3, 0.4) is 0 Å². The first kappa shape index (κ1) is 15.9. The maximum Gasteiger partial charge on any atom is 0.255 e. The lowest BCUT2D eigenvalue weighted by Gasteiger charge is -2.27. The summed E-state index contributed by atoms with van der Waals surface area (Å²) in [7, 11) is 0. The minimum Gasteiger partial charge on any atom is -0.382 e. The van der Waals surface area contributed by atoms with E-state index in [1.165, 1.54) is 0 Å². The molecular formula is C21H23N3O. The molecule has 1 aromatic heterocycles. The van der Waals surface area contributed by atoms with E-state index in [0.29, 0.717) is 12.1 Å². The molecule has 128 valence electrons. The fourth-order valence-electron chi connectivity index (χ4n) is 3.70. The van der Waals surface area contributed by atoms with Crippen LogP contribution in [0.25, 0.3) is 21.9 Å². The maximum atomic E-state index is 12.2. The average molecular weight is 333 g/mol. The van der Waals surface area contributed by atoms with Gasteiger partial charge in [-0.3, -0.25) is 4.79 Å². The molecule has 1 aliphatic rings. The Labute approximate surface area is 147 Å². The summed E-state index contributed by atoms with van der Waals surface area (Å²) in [5, 5.41) is 5.32. The third kappa shape index (κ3) is 3.30. The molecule has 2 aromatic carbocycles. The Hall–Kier alpha value is -2.59. The van der Waals surface area contributed by atoms with Crippen LogP contribution in [0.15, 0.2) is 59.5 Å². The second kappa shape index (κ2) is 6.73. The highest BCUT2D eigenvalue weighted by Crippen LogP contribution is 2.29. The van der Waals surface area contributed by atoms with E-state index in [0.717, 1.165) is 53.3 Å². The van der Waals surface area contributed by atoms with Crippen LogP contribution in [-0.4, -0.2) is 17.1 Å². The van der Waals surface area contributed by atoms with Gasteiger partial charge in [-0.1, -0.05) is 30.3 Å². The van der Waals surface area contributed by atoms with Gasteiger partial charge in [-0.05, 0) is 54.8 Å². The van der Waals surface area contributed by atoms with Gasteiger partial charge in [0.05, 0.1) is 0 Å². The molecule has 1 aliphatic carbocycles. The minimum atomic E-state index is -0.0510. The number of pyridine rings is 1. The number of nitrogens with two attached hydrogens (primary N) is 1. The van der Waals surface area contributed by atoms with Gasteiger partial charge in [0.2, 0.25) is 0 Å². The van der Waals surface area contributed by atoms with Crippen LogP contribution in [-0.2, 0) is 0 Å². The summed E-state index contributed by atoms with van der Waals surface area (Å²) in [6, 6.07) is 17.0. The van der Waals surface area contributed by atoms with Gasteiger partial charge in [0.25, 0.3) is 5.56 Å². The summed E-state index contributed by atoms with van der Waals surface area (Å²) in [5.41, 5.74) is 9.16. The highest BCUT2D eigenvalue weighted by molar-refractivity contribution is 5.97. The maximum absolute atomic E-state index is 12.2. The van der Waals surface area contributed by atoms with Gasteiger partial charge >= 0.3 is 0 Å². The van der Waals surface area contributed by atoms with E-state index in [1.54, 1.807) is 0 Å². The number of fused-ring (bicyclic) bond motifs is 1. The van der Waals surface area contributed by atoms with Crippen molar-refractivity contribution in [3.05, 3.63) is 65.1 Å². The third-order valence-electron chi connectivity index (χ3n) is 5.13. The summed E-state index contributed by atoms with van der Waals surface area (Å²) in [5.74, 6) is 0. The highest BCUT2D eigenvalue weighted by atomic mass is 16.1. The molecule has 0 atom stereocenters. The molecule has 1 heterocycles. The molecule has 0 saturated heterocycles. The number of H-pyrrole nitrogens is 1. The van der Waals surface area contributed by atoms with Gasteiger partial charge in [-0.15, -0.1) is 0 Å². The van der Waals surface area contributed by atoms with Crippen LogP contribution < -0.4 is 16.6 Å². The zero-order valence-electron chi connectivity index (χ0n) is 14.2. The summed E-state index contributed by atoms with van der Waals surface area (Å²) in [6.07, 6.45) is 6.14. The first-order valence-corrected chi connectivity index (χ1v) is 8.94. The van der Waals surface area contributed by atoms with E-state index in [9.17, 15) is 4.79 Å². The van der Waals surface area contributed by atoms with Crippen molar-refractivity contribution in [1.82, 2.24) is 4.98 Å². The summed E-state index contributed by atoms with van der Waals surface area (Å²) < 4.78 is 0. The number of hydrogen-bond donors (Lipinski definition) is 3. The molecule has 1 saturated carbocycles. The average Bonchev–Trinajstić information content (AvgIpc) is 2.65. The number of rotatable bonds is 3. The topological polar surface area (TPSA) is 70.9 Å². The van der Waals surface area contributed by atoms with E-state index in [-0.39, 0.29) is 5.56 Å². The van der Waals surface area contributed by atoms with Crippen molar-refractivity contribution in [2.24, 2.45) is 5.73 Å². The highest BCUT2D eigenvalue weighted by Gasteiger charge is 2.18. The van der Waals surface area contributed by atoms with Crippen LogP contribution in [0, 0.1) is 0 Å². The SMILES string of the molecule is N[C@H]1CC[C@H](Nc2ccc3c(=O)[nH]cc(-c4ccccc4)c3c2)CC1. The van der Waals surface area contributed by atoms with Crippen LogP contribution in [0.5, 0.6) is 0 Å². The number of nitrogens with one attached hydrogen (secondary N) is 2. The smallest absolute Gasteiger partial charge is 0.255 e. The lowest BCUT2D eigenvalue weighted by molar-refractivity contribution is 0.411. The van der Waals surface area contributed by atoms with Gasteiger partial charge in [0.15, 0.2) is 0 Å². The number of anilines is 1. The fourth-order valence-corrected chi connectivity index (χ4v) is 3.70. The lowest BCUT2D eigenvalue weighted by Crippen LogP contribution is -2.32. The van der Waals surface area contributed by atoms with Crippen LogP contribution in [0.1, 0.15) is 25.7 Å². The summed E-state index contributed by atoms with van der Waals surface area (Å²) in [6.45, 7) is 0. The van der Waals surface area contributed by atoms with Crippen molar-refractivity contribution in [2.75, 3.05) is 5.32 Å². The van der Waals surface area contributed by atoms with Crippen molar-refractivity contribution in [3.8, 4) is 11.1 Å². The van der Waals surface area contributed by atoms with E-state index in [1.807, 2.05) is 36.5 Å². The number of aromatic nitrogens is 1. The van der Waals surface area contributed by atoms with Crippen molar-refractivity contribution in [1.29, 1.82) is 0 Å². The molecule has 25 heavy (non-hydrogen) atoms. The predicted molar refractivity (Wildman–Crippen MR) is 104 cm³/mol. The molecule has 0 bridgehead atoms. The van der Waals surface area contributed by atoms with Crippen LogP contribution in [0.4, 0.5) is 5.69 Å². The van der Waals surface area contributed by atoms with Crippen molar-refractivity contribution in [3.63, 3.8) is 0 Å². The Bertz CT molecular complexity index is 925. The van der Waals surface area contributed by atoms with Gasteiger partial charge in [-0.2, -0.15) is 0 Å². The third-order valence-corrected chi connectivity index (χ3v) is 5.13. The molecule has 3 aromatic rings. The van der Waals surface area contributed by atoms with Gasteiger partial charge in [0.1, 0.15) is 0 Å². The molecule has 0 unspecified atom stereocenters. The molecule has 4 rings (SSSR count). The molecule has 4 N–H and O–H groups in total. The van der Waals surface area contributed by atoms with E-state index >= 15 is 0 Å². The van der Waals surface area contributed by atoms with E-state index in [4.69, 9.17) is 5.73 Å². The standard InChI is InChI=1S/C21H23N3O/c22-15-6-8-16(9-7-15)24-17-10-11-18-19(12-17)20(13-23-21(18)25)14-4-2-1-3-5-14/h1-5,10-13,15-16,24H,6-9,22H2,(H,23,25)/t15-,16-.